The van der Waals surface area contributed by atoms with Crippen molar-refractivity contribution in [3.63, 3.8) is 0 Å². The van der Waals surface area contributed by atoms with Crippen LogP contribution in [-0.2, 0) is 4.79 Å². The topological polar surface area (TPSA) is 49.4 Å². The number of ketones is 1. The molecule has 4 nitrogen and oxygen atoms in total. The maximum absolute atomic E-state index is 14.1. The zero-order chi connectivity index (χ0) is 14.3. The minimum Gasteiger partial charge on any atom is -0.372 e. The van der Waals surface area contributed by atoms with Crippen LogP contribution in [0.3, 0.4) is 0 Å². The van der Waals surface area contributed by atoms with Gasteiger partial charge < -0.3 is 10.2 Å². The van der Waals surface area contributed by atoms with Gasteiger partial charge in [-0.3, -0.25) is 9.59 Å². The molecule has 1 heterocycles. The molecule has 0 bridgehead atoms. The summed E-state index contributed by atoms with van der Waals surface area (Å²) in [4.78, 5) is 24.7. The highest BCUT2D eigenvalue weighted by Crippen LogP contribution is 2.32. The van der Waals surface area contributed by atoms with Crippen LogP contribution in [-0.4, -0.2) is 25.3 Å². The van der Waals surface area contributed by atoms with E-state index in [0.29, 0.717) is 17.3 Å². The van der Waals surface area contributed by atoms with Gasteiger partial charge in [-0.2, -0.15) is 0 Å². The van der Waals surface area contributed by atoms with Gasteiger partial charge in [0.05, 0.1) is 16.9 Å². The zero-order valence-corrected chi connectivity index (χ0v) is 11.4. The summed E-state index contributed by atoms with van der Waals surface area (Å²) in [5.41, 5.74) is 0.978. The summed E-state index contributed by atoms with van der Waals surface area (Å²) >= 11 is 0. The molecule has 0 saturated heterocycles. The van der Waals surface area contributed by atoms with Gasteiger partial charge >= 0.3 is 0 Å². The largest absolute Gasteiger partial charge is 0.372 e. The first kappa shape index (κ1) is 13.1. The number of halogens is 1. The van der Waals surface area contributed by atoms with Crippen molar-refractivity contribution in [1.82, 2.24) is 0 Å². The number of fused-ring (bicyclic) bond motifs is 1. The van der Waals surface area contributed by atoms with Gasteiger partial charge in [0.2, 0.25) is 0 Å². The van der Waals surface area contributed by atoms with Crippen molar-refractivity contribution in [1.29, 1.82) is 0 Å². The van der Waals surface area contributed by atoms with E-state index in [4.69, 9.17) is 0 Å². The molecule has 1 fully saturated rings. The van der Waals surface area contributed by atoms with E-state index in [1.165, 1.54) is 25.7 Å². The third-order valence-corrected chi connectivity index (χ3v) is 4.20. The Morgan fingerprint density at radius 3 is 2.70 bits per heavy atom. The average molecular weight is 276 g/mol. The molecule has 106 valence electrons. The van der Waals surface area contributed by atoms with Crippen LogP contribution in [0.25, 0.3) is 0 Å². The Morgan fingerprint density at radius 2 is 2.00 bits per heavy atom. The fourth-order valence-corrected chi connectivity index (χ4v) is 3.13. The maximum Gasteiger partial charge on any atom is 0.296 e. The van der Waals surface area contributed by atoms with E-state index in [0.717, 1.165) is 12.6 Å². The van der Waals surface area contributed by atoms with Crippen molar-refractivity contribution in [2.75, 3.05) is 23.8 Å². The summed E-state index contributed by atoms with van der Waals surface area (Å²) in [6.45, 7) is 0.803. The van der Waals surface area contributed by atoms with Crippen LogP contribution < -0.4 is 10.2 Å². The quantitative estimate of drug-likeness (QED) is 0.863. The molecule has 0 spiro atoms. The number of amides is 1. The second kappa shape index (κ2) is 4.89. The first-order valence-electron chi connectivity index (χ1n) is 6.96. The Bertz CT molecular complexity index is 579. The normalized spacial score (nSPS) is 18.3. The number of carbonyl (C=O) groups excluding carboxylic acids is 2. The lowest BCUT2D eigenvalue weighted by Crippen LogP contribution is -2.25. The van der Waals surface area contributed by atoms with E-state index in [1.54, 1.807) is 6.07 Å². The smallest absolute Gasteiger partial charge is 0.296 e. The molecule has 1 aliphatic heterocycles. The van der Waals surface area contributed by atoms with E-state index in [1.807, 2.05) is 11.9 Å². The van der Waals surface area contributed by atoms with Gasteiger partial charge in [0.25, 0.3) is 11.7 Å². The molecule has 5 heteroatoms. The molecule has 1 aromatic carbocycles. The van der Waals surface area contributed by atoms with Crippen LogP contribution in [0.5, 0.6) is 0 Å². The molecule has 1 aliphatic carbocycles. The predicted molar refractivity (Wildman–Crippen MR) is 74.6 cm³/mol. The lowest BCUT2D eigenvalue weighted by molar-refractivity contribution is -0.112. The predicted octanol–water partition coefficient (Wildman–Crippen LogP) is 2.59. The fraction of sp³-hybridized carbons (Fsp3) is 0.467. The summed E-state index contributed by atoms with van der Waals surface area (Å²) in [6, 6.07) is 2.72. The molecule has 0 aromatic heterocycles. The molecular formula is C15H17FN2O2. The number of benzene rings is 1. The molecule has 20 heavy (non-hydrogen) atoms. The highest BCUT2D eigenvalue weighted by Gasteiger charge is 2.30. The van der Waals surface area contributed by atoms with Gasteiger partial charge in [0.1, 0.15) is 5.82 Å². The first-order chi connectivity index (χ1) is 9.56. The minimum atomic E-state index is -0.685. The fourth-order valence-electron chi connectivity index (χ4n) is 3.13. The first-order valence-corrected chi connectivity index (χ1v) is 6.96. The van der Waals surface area contributed by atoms with Crippen molar-refractivity contribution >= 4 is 23.1 Å². The van der Waals surface area contributed by atoms with Gasteiger partial charge in [-0.05, 0) is 30.9 Å². The Hall–Kier alpha value is -1.91. The van der Waals surface area contributed by atoms with E-state index in [9.17, 15) is 14.0 Å². The second-order valence-electron chi connectivity index (χ2n) is 5.66. The molecule has 3 rings (SSSR count). The summed E-state index contributed by atoms with van der Waals surface area (Å²) < 4.78 is 14.1. The molecule has 1 N–H and O–H groups in total. The van der Waals surface area contributed by atoms with E-state index in [-0.39, 0.29) is 5.56 Å². The van der Waals surface area contributed by atoms with Crippen LogP contribution in [0.4, 0.5) is 15.8 Å². The summed E-state index contributed by atoms with van der Waals surface area (Å²) in [5.74, 6) is -1.20. The van der Waals surface area contributed by atoms with E-state index in [2.05, 4.69) is 5.32 Å². The van der Waals surface area contributed by atoms with Gasteiger partial charge in [0.15, 0.2) is 0 Å². The van der Waals surface area contributed by atoms with Crippen molar-refractivity contribution < 1.29 is 14.0 Å². The number of hydrogen-bond donors (Lipinski definition) is 1. The Morgan fingerprint density at radius 1 is 1.30 bits per heavy atom. The molecule has 1 saturated carbocycles. The maximum atomic E-state index is 14.1. The van der Waals surface area contributed by atoms with E-state index >= 15 is 0 Å². The van der Waals surface area contributed by atoms with Crippen molar-refractivity contribution in [2.24, 2.45) is 5.92 Å². The number of rotatable bonds is 3. The lowest BCUT2D eigenvalue weighted by atomic mass is 10.1. The highest BCUT2D eigenvalue weighted by atomic mass is 19.1. The van der Waals surface area contributed by atoms with Crippen LogP contribution in [0.15, 0.2) is 12.1 Å². The summed E-state index contributed by atoms with van der Waals surface area (Å²) in [7, 11) is 1.85. The number of nitrogens with one attached hydrogen (secondary N) is 1. The van der Waals surface area contributed by atoms with Crippen LogP contribution in [0.1, 0.15) is 36.0 Å². The van der Waals surface area contributed by atoms with Gasteiger partial charge in [-0.1, -0.05) is 12.8 Å². The Balaban J connectivity index is 1.85. The monoisotopic (exact) mass is 276 g/mol. The average Bonchev–Trinajstić information content (AvgIpc) is 3.00. The number of carbonyl (C=O) groups is 2. The van der Waals surface area contributed by atoms with E-state index < -0.39 is 17.5 Å². The molecule has 0 unspecified atom stereocenters. The van der Waals surface area contributed by atoms with Crippen molar-refractivity contribution in [3.8, 4) is 0 Å². The molecule has 2 aliphatic rings. The SMILES string of the molecule is CN(CC1CCCC1)c1cc2c(cc1F)C(=O)C(=O)N2. The second-order valence-corrected chi connectivity index (χ2v) is 5.66. The molecule has 0 atom stereocenters. The van der Waals surface area contributed by atoms with Crippen molar-refractivity contribution in [2.45, 2.75) is 25.7 Å². The van der Waals surface area contributed by atoms with Gasteiger partial charge in [-0.15, -0.1) is 0 Å². The third-order valence-electron chi connectivity index (χ3n) is 4.20. The number of anilines is 2. The number of hydrogen-bond acceptors (Lipinski definition) is 3. The van der Waals surface area contributed by atoms with Crippen LogP contribution in [0, 0.1) is 11.7 Å². The Labute approximate surface area is 117 Å². The standard InChI is InChI=1S/C15H17FN2O2/c1-18(8-9-4-2-3-5-9)13-7-12-10(6-11(13)16)14(19)15(20)17-12/h6-7,9H,2-5,8H2,1H3,(H,17,19,20). The Kier molecular flexibility index (Phi) is 3.20. The lowest BCUT2D eigenvalue weighted by Gasteiger charge is -2.24. The summed E-state index contributed by atoms with van der Waals surface area (Å²) in [5, 5.41) is 2.48. The molecule has 1 amide bonds. The minimum absolute atomic E-state index is 0.130. The van der Waals surface area contributed by atoms with Crippen molar-refractivity contribution in [3.05, 3.63) is 23.5 Å². The molecule has 1 aromatic rings. The molecule has 0 radical (unpaired) electrons. The van der Waals surface area contributed by atoms with Gasteiger partial charge in [-0.25, -0.2) is 4.39 Å². The highest BCUT2D eigenvalue weighted by molar-refractivity contribution is 6.51. The molecular weight excluding hydrogens is 259 g/mol. The van der Waals surface area contributed by atoms with Crippen LogP contribution >= 0.6 is 0 Å². The third kappa shape index (κ3) is 2.17. The van der Waals surface area contributed by atoms with Crippen LogP contribution in [0.2, 0.25) is 0 Å². The van der Waals surface area contributed by atoms with Gasteiger partial charge in [0, 0.05) is 13.6 Å². The number of Topliss-reactive ketones (excluding diaryl/α,β-unsaturated/α-hetero) is 1. The zero-order valence-electron chi connectivity index (χ0n) is 11.4. The number of nitrogens with zero attached hydrogens (tertiary/aromatic N) is 1. The summed E-state index contributed by atoms with van der Waals surface area (Å²) in [6.07, 6.45) is 4.86.